The summed E-state index contributed by atoms with van der Waals surface area (Å²) in [5.41, 5.74) is 7.89. The molecule has 0 atom stereocenters. The van der Waals surface area contributed by atoms with Crippen LogP contribution < -0.4 is 10.6 Å². The maximum Gasteiger partial charge on any atom is 0.258 e. The molecule has 0 aliphatic carbocycles. The van der Waals surface area contributed by atoms with E-state index in [1.807, 2.05) is 25.1 Å². The number of nitrogens with two attached hydrogens (primary N) is 1. The Kier molecular flexibility index (Phi) is 5.26. The molecule has 0 bridgehead atoms. The average molecular weight is 368 g/mol. The number of anilines is 2. The maximum absolute atomic E-state index is 12.8. The van der Waals surface area contributed by atoms with E-state index in [2.05, 4.69) is 15.9 Å². The summed E-state index contributed by atoms with van der Waals surface area (Å²) >= 11 is 9.32. The Hall–Kier alpha value is -1.52. The molecule has 0 aliphatic heterocycles. The third-order valence-corrected chi connectivity index (χ3v) is 4.30. The standard InChI is InChI=1S/C16H16BrClN2O/c1-2-9-20(15-6-4-3-5-14(15)19)16(21)11-7-8-13(18)12(17)10-11/h3-8,10H,2,9,19H2,1H3. The first-order chi connectivity index (χ1) is 10.0. The van der Waals surface area contributed by atoms with E-state index < -0.39 is 0 Å². The highest BCUT2D eigenvalue weighted by atomic mass is 79.9. The molecule has 21 heavy (non-hydrogen) atoms. The summed E-state index contributed by atoms with van der Waals surface area (Å²) in [6.07, 6.45) is 0.842. The Morgan fingerprint density at radius 1 is 1.29 bits per heavy atom. The quantitative estimate of drug-likeness (QED) is 0.793. The van der Waals surface area contributed by atoms with Crippen LogP contribution in [-0.4, -0.2) is 12.5 Å². The molecule has 2 rings (SSSR count). The predicted octanol–water partition coefficient (Wildman–Crippen LogP) is 4.74. The summed E-state index contributed by atoms with van der Waals surface area (Å²) in [5.74, 6) is -0.0906. The van der Waals surface area contributed by atoms with E-state index >= 15 is 0 Å². The summed E-state index contributed by atoms with van der Waals surface area (Å²) in [4.78, 5) is 14.5. The van der Waals surface area contributed by atoms with Gasteiger partial charge in [-0.05, 0) is 52.7 Å². The number of rotatable bonds is 4. The van der Waals surface area contributed by atoms with E-state index in [0.717, 1.165) is 12.1 Å². The van der Waals surface area contributed by atoms with E-state index in [0.29, 0.717) is 27.3 Å². The number of benzene rings is 2. The van der Waals surface area contributed by atoms with Crippen molar-refractivity contribution in [3.63, 3.8) is 0 Å². The van der Waals surface area contributed by atoms with Crippen LogP contribution in [0, 0.1) is 0 Å². The van der Waals surface area contributed by atoms with Gasteiger partial charge in [-0.15, -0.1) is 0 Å². The van der Waals surface area contributed by atoms with Gasteiger partial charge in [0.05, 0.1) is 16.4 Å². The highest BCUT2D eigenvalue weighted by Crippen LogP contribution is 2.27. The molecule has 0 fully saturated rings. The second-order valence-electron chi connectivity index (χ2n) is 4.64. The number of nitrogen functional groups attached to an aromatic ring is 1. The van der Waals surface area contributed by atoms with Crippen LogP contribution in [-0.2, 0) is 0 Å². The molecule has 0 heterocycles. The van der Waals surface area contributed by atoms with Gasteiger partial charge >= 0.3 is 0 Å². The van der Waals surface area contributed by atoms with Gasteiger partial charge in [0.25, 0.3) is 5.91 Å². The zero-order valence-electron chi connectivity index (χ0n) is 11.6. The van der Waals surface area contributed by atoms with Crippen molar-refractivity contribution in [3.05, 3.63) is 57.5 Å². The van der Waals surface area contributed by atoms with Crippen LogP contribution in [0.5, 0.6) is 0 Å². The lowest BCUT2D eigenvalue weighted by molar-refractivity contribution is 0.0987. The largest absolute Gasteiger partial charge is 0.397 e. The van der Waals surface area contributed by atoms with Crippen molar-refractivity contribution in [1.82, 2.24) is 0 Å². The van der Waals surface area contributed by atoms with Gasteiger partial charge in [-0.25, -0.2) is 0 Å². The fraction of sp³-hybridized carbons (Fsp3) is 0.188. The molecule has 0 aromatic heterocycles. The molecule has 0 unspecified atom stereocenters. The lowest BCUT2D eigenvalue weighted by Crippen LogP contribution is -2.32. The zero-order chi connectivity index (χ0) is 15.4. The molecule has 2 aromatic carbocycles. The van der Waals surface area contributed by atoms with Gasteiger partial charge in [0.15, 0.2) is 0 Å². The summed E-state index contributed by atoms with van der Waals surface area (Å²) in [5, 5.41) is 0.577. The predicted molar refractivity (Wildman–Crippen MR) is 92.0 cm³/mol. The van der Waals surface area contributed by atoms with Crippen LogP contribution in [0.4, 0.5) is 11.4 Å². The first-order valence-electron chi connectivity index (χ1n) is 6.66. The Morgan fingerprint density at radius 2 is 2.00 bits per heavy atom. The molecular weight excluding hydrogens is 352 g/mol. The third-order valence-electron chi connectivity index (χ3n) is 3.09. The Morgan fingerprint density at radius 3 is 2.62 bits per heavy atom. The van der Waals surface area contributed by atoms with Crippen LogP contribution in [0.2, 0.25) is 5.02 Å². The van der Waals surface area contributed by atoms with E-state index in [1.54, 1.807) is 29.2 Å². The summed E-state index contributed by atoms with van der Waals surface area (Å²) in [6.45, 7) is 2.63. The van der Waals surface area contributed by atoms with E-state index in [-0.39, 0.29) is 5.91 Å². The number of hydrogen-bond acceptors (Lipinski definition) is 2. The van der Waals surface area contributed by atoms with Gasteiger partial charge in [-0.3, -0.25) is 4.79 Å². The van der Waals surface area contributed by atoms with Gasteiger partial charge in [-0.1, -0.05) is 30.7 Å². The molecule has 110 valence electrons. The van der Waals surface area contributed by atoms with E-state index in [9.17, 15) is 4.79 Å². The Labute approximate surface area is 137 Å². The highest BCUT2D eigenvalue weighted by Gasteiger charge is 2.19. The third kappa shape index (κ3) is 3.57. The molecular formula is C16H16BrClN2O. The number of carbonyl (C=O) groups is 1. The molecule has 1 amide bonds. The Bertz CT molecular complexity index is 660. The van der Waals surface area contributed by atoms with Crippen molar-refractivity contribution in [1.29, 1.82) is 0 Å². The molecule has 2 N–H and O–H groups in total. The number of hydrogen-bond donors (Lipinski definition) is 1. The molecule has 0 saturated heterocycles. The number of halogens is 2. The number of nitrogens with zero attached hydrogens (tertiary/aromatic N) is 1. The minimum atomic E-state index is -0.0906. The summed E-state index contributed by atoms with van der Waals surface area (Å²) < 4.78 is 0.701. The molecule has 0 radical (unpaired) electrons. The normalized spacial score (nSPS) is 10.4. The fourth-order valence-corrected chi connectivity index (χ4v) is 2.57. The first kappa shape index (κ1) is 15.9. The van der Waals surface area contributed by atoms with Crippen molar-refractivity contribution < 1.29 is 4.79 Å². The van der Waals surface area contributed by atoms with Crippen molar-refractivity contribution >= 4 is 44.8 Å². The molecule has 3 nitrogen and oxygen atoms in total. The number of para-hydroxylation sites is 2. The van der Waals surface area contributed by atoms with Crippen LogP contribution in [0.1, 0.15) is 23.7 Å². The van der Waals surface area contributed by atoms with Crippen LogP contribution in [0.3, 0.4) is 0 Å². The van der Waals surface area contributed by atoms with Crippen molar-refractivity contribution in [2.75, 3.05) is 17.2 Å². The zero-order valence-corrected chi connectivity index (χ0v) is 14.0. The van der Waals surface area contributed by atoms with Crippen molar-refractivity contribution in [2.24, 2.45) is 0 Å². The summed E-state index contributed by atoms with van der Waals surface area (Å²) in [6, 6.07) is 12.5. The summed E-state index contributed by atoms with van der Waals surface area (Å²) in [7, 11) is 0. The number of amides is 1. The minimum Gasteiger partial charge on any atom is -0.397 e. The van der Waals surface area contributed by atoms with Crippen LogP contribution in [0.25, 0.3) is 0 Å². The second kappa shape index (κ2) is 6.96. The molecule has 0 spiro atoms. The van der Waals surface area contributed by atoms with Gasteiger partial charge < -0.3 is 10.6 Å². The van der Waals surface area contributed by atoms with Gasteiger partial charge in [0, 0.05) is 16.6 Å². The Balaban J connectivity index is 2.40. The van der Waals surface area contributed by atoms with Crippen molar-refractivity contribution in [3.8, 4) is 0 Å². The lowest BCUT2D eigenvalue weighted by Gasteiger charge is -2.24. The average Bonchev–Trinajstić information content (AvgIpc) is 2.48. The van der Waals surface area contributed by atoms with Crippen molar-refractivity contribution in [2.45, 2.75) is 13.3 Å². The lowest BCUT2D eigenvalue weighted by atomic mass is 10.1. The fourth-order valence-electron chi connectivity index (χ4n) is 2.07. The smallest absolute Gasteiger partial charge is 0.258 e. The molecule has 2 aromatic rings. The highest BCUT2D eigenvalue weighted by molar-refractivity contribution is 9.10. The van der Waals surface area contributed by atoms with E-state index in [4.69, 9.17) is 17.3 Å². The number of carbonyl (C=O) groups excluding carboxylic acids is 1. The topological polar surface area (TPSA) is 46.3 Å². The van der Waals surface area contributed by atoms with E-state index in [1.165, 1.54) is 0 Å². The van der Waals surface area contributed by atoms with Crippen LogP contribution in [0.15, 0.2) is 46.9 Å². The second-order valence-corrected chi connectivity index (χ2v) is 5.91. The molecule has 5 heteroatoms. The SMILES string of the molecule is CCCN(C(=O)c1ccc(Cl)c(Br)c1)c1ccccc1N. The molecule has 0 aliphatic rings. The van der Waals surface area contributed by atoms with Gasteiger partial charge in [-0.2, -0.15) is 0 Å². The molecule has 0 saturated carbocycles. The monoisotopic (exact) mass is 366 g/mol. The van der Waals surface area contributed by atoms with Crippen LogP contribution >= 0.6 is 27.5 Å². The van der Waals surface area contributed by atoms with Gasteiger partial charge in [0.2, 0.25) is 0 Å². The maximum atomic E-state index is 12.8. The first-order valence-corrected chi connectivity index (χ1v) is 7.83. The minimum absolute atomic E-state index is 0.0906. The van der Waals surface area contributed by atoms with Gasteiger partial charge in [0.1, 0.15) is 0 Å².